The second kappa shape index (κ2) is 6.83. The summed E-state index contributed by atoms with van der Waals surface area (Å²) in [6, 6.07) is 6.58. The van der Waals surface area contributed by atoms with Crippen molar-refractivity contribution in [2.45, 2.75) is 58.8 Å². The molecule has 2 heteroatoms. The van der Waals surface area contributed by atoms with Gasteiger partial charge in [0.2, 0.25) is 0 Å². The molecule has 0 radical (unpaired) electrons. The lowest BCUT2D eigenvalue weighted by molar-refractivity contribution is -0.122. The molecule has 20 heavy (non-hydrogen) atoms. The summed E-state index contributed by atoms with van der Waals surface area (Å²) in [5.41, 5.74) is 4.60. The van der Waals surface area contributed by atoms with E-state index in [0.29, 0.717) is 12.2 Å². The highest BCUT2D eigenvalue weighted by atomic mass is 16.1. The average molecular weight is 271 g/mol. The van der Waals surface area contributed by atoms with Crippen molar-refractivity contribution in [3.8, 4) is 0 Å². The Bertz CT molecular complexity index is 502. The number of hydrogen-bond donors (Lipinski definition) is 1. The molecule has 0 aromatic heterocycles. The van der Waals surface area contributed by atoms with Crippen LogP contribution in [0.4, 0.5) is 0 Å². The van der Waals surface area contributed by atoms with Crippen LogP contribution in [0.25, 0.3) is 0 Å². The van der Waals surface area contributed by atoms with E-state index in [1.807, 2.05) is 13.8 Å². The van der Waals surface area contributed by atoms with E-state index in [9.17, 15) is 4.79 Å². The molecule has 108 valence electrons. The van der Waals surface area contributed by atoms with Gasteiger partial charge in [0.15, 0.2) is 0 Å². The van der Waals surface area contributed by atoms with Gasteiger partial charge in [-0.3, -0.25) is 4.79 Å². The molecule has 0 amide bonds. The van der Waals surface area contributed by atoms with Gasteiger partial charge in [0.05, 0.1) is 0 Å². The van der Waals surface area contributed by atoms with Gasteiger partial charge in [-0.25, -0.2) is 0 Å². The Morgan fingerprint density at radius 3 is 2.80 bits per heavy atom. The number of hydrogen-bond acceptors (Lipinski definition) is 2. The van der Waals surface area contributed by atoms with Gasteiger partial charge >= 0.3 is 0 Å². The van der Waals surface area contributed by atoms with Crippen molar-refractivity contribution < 1.29 is 4.79 Å². The van der Waals surface area contributed by atoms with Crippen molar-refractivity contribution in [2.75, 3.05) is 0 Å². The van der Waals surface area contributed by atoms with Crippen molar-refractivity contribution in [2.24, 2.45) is 5.92 Å². The van der Waals surface area contributed by atoms with Crippen LogP contribution in [0.3, 0.4) is 0 Å². The van der Waals surface area contributed by atoms with E-state index < -0.39 is 0 Å². The lowest BCUT2D eigenvalue weighted by atomic mass is 9.88. The molecule has 2 nitrogen and oxygen atoms in total. The molecule has 0 fully saturated rings. The number of rotatable bonds is 6. The van der Waals surface area contributed by atoms with E-state index in [4.69, 9.17) is 5.41 Å². The van der Waals surface area contributed by atoms with Gasteiger partial charge in [-0.1, -0.05) is 26.0 Å². The summed E-state index contributed by atoms with van der Waals surface area (Å²) in [6.45, 7) is 3.94. The number of fused-ring (bicyclic) bond motifs is 1. The van der Waals surface area contributed by atoms with E-state index in [2.05, 4.69) is 18.2 Å². The lowest BCUT2D eigenvalue weighted by Crippen LogP contribution is -2.11. The summed E-state index contributed by atoms with van der Waals surface area (Å²) in [4.78, 5) is 11.6. The Labute approximate surface area is 122 Å². The molecule has 1 aliphatic rings. The number of Topliss-reactive ketones (excluding diaryl/α,β-unsaturated/α-hetero) is 1. The van der Waals surface area contributed by atoms with Crippen molar-refractivity contribution in [1.82, 2.24) is 0 Å². The quantitative estimate of drug-likeness (QED) is 0.769. The van der Waals surface area contributed by atoms with Crippen LogP contribution in [-0.2, 0) is 17.6 Å². The fourth-order valence-corrected chi connectivity index (χ4v) is 2.79. The standard InChI is InChI=1S/C18H25NO/c1-13(2)18(20)9-4-3-6-14-10-11-15-7-5-8-17(19)16(15)12-14/h10-13,19H,3-9H2,1-2H3. The molecule has 1 aromatic carbocycles. The third kappa shape index (κ3) is 3.78. The average Bonchev–Trinajstić information content (AvgIpc) is 2.44. The van der Waals surface area contributed by atoms with Crippen LogP contribution >= 0.6 is 0 Å². The predicted molar refractivity (Wildman–Crippen MR) is 83.6 cm³/mol. The van der Waals surface area contributed by atoms with Gasteiger partial charge in [0, 0.05) is 18.1 Å². The highest BCUT2D eigenvalue weighted by molar-refractivity contribution is 6.00. The molecule has 1 N–H and O–H groups in total. The summed E-state index contributed by atoms with van der Waals surface area (Å²) in [5, 5.41) is 8.04. The van der Waals surface area contributed by atoms with Crippen LogP contribution in [0.15, 0.2) is 18.2 Å². The molecule has 2 rings (SSSR count). The van der Waals surface area contributed by atoms with E-state index in [1.165, 1.54) is 11.1 Å². The third-order valence-corrected chi connectivity index (χ3v) is 4.15. The summed E-state index contributed by atoms with van der Waals surface area (Å²) < 4.78 is 0. The zero-order valence-corrected chi connectivity index (χ0v) is 12.7. The van der Waals surface area contributed by atoms with Crippen LogP contribution in [0.5, 0.6) is 0 Å². The Balaban J connectivity index is 1.86. The molecule has 0 spiro atoms. The summed E-state index contributed by atoms with van der Waals surface area (Å²) in [6.07, 6.45) is 6.91. The van der Waals surface area contributed by atoms with Crippen LogP contribution in [0.1, 0.15) is 62.6 Å². The number of ketones is 1. The molecule has 1 aliphatic carbocycles. The first-order valence-corrected chi connectivity index (χ1v) is 7.80. The molecular weight excluding hydrogens is 246 g/mol. The van der Waals surface area contributed by atoms with Crippen molar-refractivity contribution >= 4 is 11.5 Å². The Morgan fingerprint density at radius 1 is 1.25 bits per heavy atom. The van der Waals surface area contributed by atoms with Crippen molar-refractivity contribution in [1.29, 1.82) is 5.41 Å². The molecule has 1 aromatic rings. The summed E-state index contributed by atoms with van der Waals surface area (Å²) >= 11 is 0. The van der Waals surface area contributed by atoms with Crippen LogP contribution in [0.2, 0.25) is 0 Å². The van der Waals surface area contributed by atoms with Gasteiger partial charge in [-0.15, -0.1) is 0 Å². The SMILES string of the molecule is CC(C)C(=O)CCCCc1ccc2c(c1)C(=N)CCC2. The second-order valence-electron chi connectivity index (χ2n) is 6.15. The smallest absolute Gasteiger partial charge is 0.135 e. The van der Waals surface area contributed by atoms with E-state index >= 15 is 0 Å². The molecule has 0 aliphatic heterocycles. The number of carbonyl (C=O) groups excluding carboxylic acids is 1. The van der Waals surface area contributed by atoms with E-state index in [0.717, 1.165) is 49.8 Å². The Kier molecular flexibility index (Phi) is 5.11. The van der Waals surface area contributed by atoms with Gasteiger partial charge in [-0.05, 0) is 61.3 Å². The fourth-order valence-electron chi connectivity index (χ4n) is 2.79. The van der Waals surface area contributed by atoms with Crippen LogP contribution < -0.4 is 0 Å². The minimum Gasteiger partial charge on any atom is -0.305 e. The molecule has 0 saturated carbocycles. The van der Waals surface area contributed by atoms with Crippen LogP contribution in [-0.4, -0.2) is 11.5 Å². The van der Waals surface area contributed by atoms with Gasteiger partial charge in [0.25, 0.3) is 0 Å². The monoisotopic (exact) mass is 271 g/mol. The maximum absolute atomic E-state index is 11.6. The zero-order chi connectivity index (χ0) is 14.5. The molecule has 0 bridgehead atoms. The van der Waals surface area contributed by atoms with Gasteiger partial charge < -0.3 is 5.41 Å². The second-order valence-corrected chi connectivity index (χ2v) is 6.15. The number of nitrogens with one attached hydrogen (secondary N) is 1. The first-order valence-electron chi connectivity index (χ1n) is 7.80. The molecule has 0 unspecified atom stereocenters. The summed E-state index contributed by atoms with van der Waals surface area (Å²) in [5.74, 6) is 0.538. The Hall–Kier alpha value is -1.44. The van der Waals surface area contributed by atoms with Crippen molar-refractivity contribution in [3.63, 3.8) is 0 Å². The van der Waals surface area contributed by atoms with Gasteiger partial charge in [0.1, 0.15) is 5.78 Å². The van der Waals surface area contributed by atoms with Gasteiger partial charge in [-0.2, -0.15) is 0 Å². The Morgan fingerprint density at radius 2 is 2.05 bits per heavy atom. The number of benzene rings is 1. The molecule has 0 saturated heterocycles. The maximum atomic E-state index is 11.6. The topological polar surface area (TPSA) is 40.9 Å². The molecular formula is C18H25NO. The minimum atomic E-state index is 0.166. The molecule has 0 atom stereocenters. The zero-order valence-electron chi connectivity index (χ0n) is 12.7. The van der Waals surface area contributed by atoms with Crippen LogP contribution in [0, 0.1) is 11.3 Å². The first-order chi connectivity index (χ1) is 9.58. The van der Waals surface area contributed by atoms with E-state index in [1.54, 1.807) is 0 Å². The third-order valence-electron chi connectivity index (χ3n) is 4.15. The van der Waals surface area contributed by atoms with Crippen molar-refractivity contribution in [3.05, 3.63) is 34.9 Å². The number of aryl methyl sites for hydroxylation is 2. The molecule has 0 heterocycles. The lowest BCUT2D eigenvalue weighted by Gasteiger charge is -2.17. The normalized spacial score (nSPS) is 14.4. The highest BCUT2D eigenvalue weighted by Crippen LogP contribution is 2.23. The fraction of sp³-hybridized carbons (Fsp3) is 0.556. The largest absolute Gasteiger partial charge is 0.305 e. The summed E-state index contributed by atoms with van der Waals surface area (Å²) in [7, 11) is 0. The maximum Gasteiger partial charge on any atom is 0.135 e. The number of carbonyl (C=O) groups is 1. The van der Waals surface area contributed by atoms with E-state index in [-0.39, 0.29) is 5.92 Å². The first kappa shape index (κ1) is 15.0. The number of unbranched alkanes of at least 4 members (excludes halogenated alkanes) is 1. The highest BCUT2D eigenvalue weighted by Gasteiger charge is 2.14. The minimum absolute atomic E-state index is 0.166. The predicted octanol–water partition coefficient (Wildman–Crippen LogP) is 4.33.